The van der Waals surface area contributed by atoms with Crippen LogP contribution < -0.4 is 10.6 Å². The molecule has 2 nitrogen and oxygen atoms in total. The van der Waals surface area contributed by atoms with Crippen LogP contribution in [0.15, 0.2) is 22.7 Å². The van der Waals surface area contributed by atoms with E-state index >= 15 is 0 Å². The molecular formula is C11H14BrClN2. The van der Waals surface area contributed by atoms with Gasteiger partial charge in [0.2, 0.25) is 0 Å². The molecule has 0 radical (unpaired) electrons. The number of halogens is 2. The van der Waals surface area contributed by atoms with Crippen LogP contribution in [0.4, 0.5) is 5.69 Å². The van der Waals surface area contributed by atoms with E-state index in [4.69, 9.17) is 11.6 Å². The molecule has 0 bridgehead atoms. The van der Waals surface area contributed by atoms with Crippen LogP contribution in [0.3, 0.4) is 0 Å². The number of nitrogens with one attached hydrogen (secondary N) is 2. The summed E-state index contributed by atoms with van der Waals surface area (Å²) in [6.07, 6.45) is 2.54. The van der Waals surface area contributed by atoms with Gasteiger partial charge in [-0.05, 0) is 53.5 Å². The van der Waals surface area contributed by atoms with Crippen LogP contribution in [0.1, 0.15) is 12.8 Å². The molecule has 1 unspecified atom stereocenters. The topological polar surface area (TPSA) is 24.1 Å². The van der Waals surface area contributed by atoms with Gasteiger partial charge in [-0.25, -0.2) is 0 Å². The van der Waals surface area contributed by atoms with Gasteiger partial charge in [-0.15, -0.1) is 0 Å². The lowest BCUT2D eigenvalue weighted by Crippen LogP contribution is -2.29. The van der Waals surface area contributed by atoms with Crippen LogP contribution in [0.2, 0.25) is 5.02 Å². The molecule has 1 fully saturated rings. The Balaban J connectivity index is 1.94. The van der Waals surface area contributed by atoms with E-state index in [2.05, 4.69) is 26.6 Å². The van der Waals surface area contributed by atoms with Gasteiger partial charge in [0.15, 0.2) is 0 Å². The van der Waals surface area contributed by atoms with E-state index in [0.717, 1.165) is 28.3 Å². The van der Waals surface area contributed by atoms with E-state index in [0.29, 0.717) is 6.04 Å². The Bertz CT molecular complexity index is 337. The molecule has 0 spiro atoms. The Labute approximate surface area is 104 Å². The molecule has 1 aliphatic rings. The average Bonchev–Trinajstić information content (AvgIpc) is 2.72. The number of hydrogen-bond donors (Lipinski definition) is 2. The summed E-state index contributed by atoms with van der Waals surface area (Å²) in [6, 6.07) is 6.38. The van der Waals surface area contributed by atoms with Crippen LogP contribution >= 0.6 is 27.5 Å². The molecular weight excluding hydrogens is 275 g/mol. The molecule has 0 amide bonds. The summed E-state index contributed by atoms with van der Waals surface area (Å²) < 4.78 is 1.06. The zero-order valence-electron chi connectivity index (χ0n) is 8.39. The first-order valence-electron chi connectivity index (χ1n) is 5.18. The molecule has 2 N–H and O–H groups in total. The van der Waals surface area contributed by atoms with Gasteiger partial charge in [0.25, 0.3) is 0 Å². The molecule has 82 valence electrons. The summed E-state index contributed by atoms with van der Waals surface area (Å²) in [5.41, 5.74) is 1.07. The second-order valence-electron chi connectivity index (χ2n) is 3.80. The second-order valence-corrected chi connectivity index (χ2v) is 5.09. The maximum Gasteiger partial charge on any atom is 0.0500 e. The molecule has 1 aromatic carbocycles. The van der Waals surface area contributed by atoms with Gasteiger partial charge in [-0.2, -0.15) is 0 Å². The molecule has 1 aliphatic heterocycles. The molecule has 0 aromatic heterocycles. The summed E-state index contributed by atoms with van der Waals surface area (Å²) in [5.74, 6) is 0. The molecule has 4 heteroatoms. The fraction of sp³-hybridized carbons (Fsp3) is 0.455. The highest BCUT2D eigenvalue weighted by atomic mass is 79.9. The summed E-state index contributed by atoms with van der Waals surface area (Å²) in [7, 11) is 0. The third-order valence-electron chi connectivity index (χ3n) is 2.63. The van der Waals surface area contributed by atoms with E-state index in [9.17, 15) is 0 Å². The zero-order chi connectivity index (χ0) is 10.7. The predicted octanol–water partition coefficient (Wildman–Crippen LogP) is 3.27. The molecule has 0 saturated carbocycles. The SMILES string of the molecule is Clc1ccc(Br)c(NCC2CCCN2)c1. The van der Waals surface area contributed by atoms with E-state index in [1.54, 1.807) is 0 Å². The first-order chi connectivity index (χ1) is 7.25. The maximum atomic E-state index is 5.94. The minimum atomic E-state index is 0.593. The molecule has 1 saturated heterocycles. The lowest BCUT2D eigenvalue weighted by molar-refractivity contribution is 0.633. The van der Waals surface area contributed by atoms with E-state index < -0.39 is 0 Å². The summed E-state index contributed by atoms with van der Waals surface area (Å²) in [5, 5.41) is 7.62. The van der Waals surface area contributed by atoms with Crippen LogP contribution in [-0.4, -0.2) is 19.1 Å². The minimum Gasteiger partial charge on any atom is -0.383 e. The second kappa shape index (κ2) is 5.19. The third kappa shape index (κ3) is 3.10. The monoisotopic (exact) mass is 288 g/mol. The Morgan fingerprint density at radius 1 is 1.53 bits per heavy atom. The van der Waals surface area contributed by atoms with Crippen molar-refractivity contribution < 1.29 is 0 Å². The van der Waals surface area contributed by atoms with Crippen molar-refractivity contribution in [2.75, 3.05) is 18.4 Å². The molecule has 15 heavy (non-hydrogen) atoms. The third-order valence-corrected chi connectivity index (χ3v) is 3.56. The largest absolute Gasteiger partial charge is 0.383 e. The van der Waals surface area contributed by atoms with Gasteiger partial charge in [0.05, 0.1) is 0 Å². The van der Waals surface area contributed by atoms with Gasteiger partial charge in [0, 0.05) is 27.8 Å². The van der Waals surface area contributed by atoms with Crippen molar-refractivity contribution in [2.45, 2.75) is 18.9 Å². The summed E-state index contributed by atoms with van der Waals surface area (Å²) >= 11 is 9.43. The Kier molecular flexibility index (Phi) is 3.89. The predicted molar refractivity (Wildman–Crippen MR) is 68.7 cm³/mol. The van der Waals surface area contributed by atoms with E-state index in [-0.39, 0.29) is 0 Å². The maximum absolute atomic E-state index is 5.94. The lowest BCUT2D eigenvalue weighted by Gasteiger charge is -2.13. The summed E-state index contributed by atoms with van der Waals surface area (Å²) in [4.78, 5) is 0. The van der Waals surface area contributed by atoms with Crippen LogP contribution in [0.5, 0.6) is 0 Å². The van der Waals surface area contributed by atoms with Crippen molar-refractivity contribution in [2.24, 2.45) is 0 Å². The first kappa shape index (κ1) is 11.2. The normalized spacial score (nSPS) is 20.5. The fourth-order valence-corrected chi connectivity index (χ4v) is 2.36. The van der Waals surface area contributed by atoms with Crippen molar-refractivity contribution in [1.82, 2.24) is 5.32 Å². The standard InChI is InChI=1S/C11H14BrClN2/c12-10-4-3-8(13)6-11(10)15-7-9-2-1-5-14-9/h3-4,6,9,14-15H,1-2,5,7H2. The quantitative estimate of drug-likeness (QED) is 0.892. The highest BCUT2D eigenvalue weighted by Crippen LogP contribution is 2.26. The van der Waals surface area contributed by atoms with E-state index in [1.165, 1.54) is 12.8 Å². The average molecular weight is 290 g/mol. The molecule has 1 atom stereocenters. The highest BCUT2D eigenvalue weighted by molar-refractivity contribution is 9.10. The molecule has 2 rings (SSSR count). The minimum absolute atomic E-state index is 0.593. The van der Waals surface area contributed by atoms with Crippen LogP contribution in [0.25, 0.3) is 0 Å². The Morgan fingerprint density at radius 3 is 3.13 bits per heavy atom. The zero-order valence-corrected chi connectivity index (χ0v) is 10.7. The van der Waals surface area contributed by atoms with Crippen molar-refractivity contribution in [3.05, 3.63) is 27.7 Å². The van der Waals surface area contributed by atoms with Crippen LogP contribution in [0, 0.1) is 0 Å². The van der Waals surface area contributed by atoms with Crippen molar-refractivity contribution >= 4 is 33.2 Å². The summed E-state index contributed by atoms with van der Waals surface area (Å²) in [6.45, 7) is 2.10. The van der Waals surface area contributed by atoms with Gasteiger partial charge < -0.3 is 10.6 Å². The van der Waals surface area contributed by atoms with Crippen molar-refractivity contribution in [3.63, 3.8) is 0 Å². The Hall–Kier alpha value is -0.250. The highest BCUT2D eigenvalue weighted by Gasteiger charge is 2.13. The smallest absolute Gasteiger partial charge is 0.0500 e. The lowest BCUT2D eigenvalue weighted by atomic mass is 10.2. The van der Waals surface area contributed by atoms with Crippen LogP contribution in [-0.2, 0) is 0 Å². The number of anilines is 1. The molecule has 1 heterocycles. The van der Waals surface area contributed by atoms with Gasteiger partial charge >= 0.3 is 0 Å². The molecule has 0 aliphatic carbocycles. The Morgan fingerprint density at radius 2 is 2.40 bits per heavy atom. The van der Waals surface area contributed by atoms with Crippen molar-refractivity contribution in [1.29, 1.82) is 0 Å². The van der Waals surface area contributed by atoms with Crippen molar-refractivity contribution in [3.8, 4) is 0 Å². The fourth-order valence-electron chi connectivity index (χ4n) is 1.80. The van der Waals surface area contributed by atoms with Gasteiger partial charge in [-0.3, -0.25) is 0 Å². The molecule has 1 aromatic rings. The number of benzene rings is 1. The first-order valence-corrected chi connectivity index (χ1v) is 6.35. The van der Waals surface area contributed by atoms with Gasteiger partial charge in [-0.1, -0.05) is 11.6 Å². The number of hydrogen-bond acceptors (Lipinski definition) is 2. The number of rotatable bonds is 3. The van der Waals surface area contributed by atoms with Gasteiger partial charge in [0.1, 0.15) is 0 Å². The van der Waals surface area contributed by atoms with E-state index in [1.807, 2.05) is 18.2 Å².